The van der Waals surface area contributed by atoms with E-state index >= 15 is 0 Å². The molecule has 0 radical (unpaired) electrons. The highest BCUT2D eigenvalue weighted by atomic mass is 19.1. The van der Waals surface area contributed by atoms with Crippen LogP contribution in [-0.4, -0.2) is 16.1 Å². The first kappa shape index (κ1) is 12.1. The Balaban J connectivity index is 2.45. The average molecular weight is 259 g/mol. The zero-order valence-electron chi connectivity index (χ0n) is 10.8. The van der Waals surface area contributed by atoms with E-state index in [1.54, 1.807) is 0 Å². The van der Waals surface area contributed by atoms with Crippen LogP contribution in [0.1, 0.15) is 41.9 Å². The minimum absolute atomic E-state index is 0.153. The quantitative estimate of drug-likeness (QED) is 0.854. The van der Waals surface area contributed by atoms with Crippen LogP contribution in [0.3, 0.4) is 0 Å². The molecule has 0 spiro atoms. The van der Waals surface area contributed by atoms with E-state index in [-0.39, 0.29) is 11.0 Å². The normalized spacial score (nSPS) is 16.6. The summed E-state index contributed by atoms with van der Waals surface area (Å²) in [5, 5.41) is 9.98. The summed E-state index contributed by atoms with van der Waals surface area (Å²) in [5.41, 5.74) is 2.15. The highest BCUT2D eigenvalue weighted by Crippen LogP contribution is 2.40. The molecule has 0 unspecified atom stereocenters. The number of fused-ring (bicyclic) bond motifs is 2. The number of benzene rings is 1. The summed E-state index contributed by atoms with van der Waals surface area (Å²) in [7, 11) is 0. The molecule has 1 heterocycles. The number of rotatable bonds is 1. The Morgan fingerprint density at radius 3 is 2.84 bits per heavy atom. The summed E-state index contributed by atoms with van der Waals surface area (Å²) in [6.07, 6.45) is 1.58. The van der Waals surface area contributed by atoms with Gasteiger partial charge < -0.3 is 5.11 Å². The lowest BCUT2D eigenvalue weighted by Crippen LogP contribution is -2.15. The number of aromatic carboxylic acids is 1. The van der Waals surface area contributed by atoms with Crippen LogP contribution in [0.4, 0.5) is 4.39 Å². The van der Waals surface area contributed by atoms with Gasteiger partial charge in [-0.25, -0.2) is 9.18 Å². The highest BCUT2D eigenvalue weighted by molar-refractivity contribution is 6.04. The molecule has 3 nitrogen and oxygen atoms in total. The van der Waals surface area contributed by atoms with Gasteiger partial charge in [0.05, 0.1) is 16.8 Å². The number of hydrogen-bond acceptors (Lipinski definition) is 2. The van der Waals surface area contributed by atoms with E-state index in [4.69, 9.17) is 0 Å². The van der Waals surface area contributed by atoms with Crippen molar-refractivity contribution in [3.05, 3.63) is 40.8 Å². The van der Waals surface area contributed by atoms with Crippen LogP contribution >= 0.6 is 0 Å². The molecule has 98 valence electrons. The molecule has 0 saturated carbocycles. The lowest BCUT2D eigenvalue weighted by molar-refractivity contribution is 0.0698. The third-order valence-electron chi connectivity index (χ3n) is 3.90. The van der Waals surface area contributed by atoms with Gasteiger partial charge in [0.2, 0.25) is 0 Å². The molecule has 1 N–H and O–H groups in total. The summed E-state index contributed by atoms with van der Waals surface area (Å²) in [6.45, 7) is 4.09. The lowest BCUT2D eigenvalue weighted by Gasteiger charge is -2.18. The summed E-state index contributed by atoms with van der Waals surface area (Å²) in [5.74, 6) is -1.36. The molecule has 19 heavy (non-hydrogen) atoms. The van der Waals surface area contributed by atoms with E-state index in [0.29, 0.717) is 17.3 Å². The van der Waals surface area contributed by atoms with Crippen molar-refractivity contribution in [1.29, 1.82) is 0 Å². The molecular weight excluding hydrogens is 245 g/mol. The van der Waals surface area contributed by atoms with Gasteiger partial charge in [0.1, 0.15) is 5.82 Å². The molecule has 0 aliphatic heterocycles. The Labute approximate surface area is 110 Å². The molecule has 4 heteroatoms. The fourth-order valence-corrected chi connectivity index (χ4v) is 2.88. The second-order valence-corrected chi connectivity index (χ2v) is 5.66. The average Bonchev–Trinajstić information content (AvgIpc) is 2.62. The third kappa shape index (κ3) is 1.70. The van der Waals surface area contributed by atoms with Crippen molar-refractivity contribution < 1.29 is 14.3 Å². The number of hydrogen-bond donors (Lipinski definition) is 1. The van der Waals surface area contributed by atoms with Gasteiger partial charge in [0.25, 0.3) is 0 Å². The number of carboxylic acid groups (broad SMARTS) is 1. The minimum Gasteiger partial charge on any atom is -0.478 e. The number of halogens is 1. The molecule has 1 aliphatic carbocycles. The van der Waals surface area contributed by atoms with Crippen LogP contribution in [-0.2, 0) is 11.8 Å². The first-order chi connectivity index (χ1) is 8.90. The molecular formula is C15H14FNO2. The van der Waals surface area contributed by atoms with Crippen molar-refractivity contribution in [2.75, 3.05) is 0 Å². The van der Waals surface area contributed by atoms with E-state index in [1.807, 2.05) is 13.8 Å². The van der Waals surface area contributed by atoms with Crippen molar-refractivity contribution in [2.24, 2.45) is 0 Å². The maximum atomic E-state index is 13.3. The standard InChI is InChI=1S/C15H14FNO2/c1-15(2)6-5-10-12(14(18)19)9-4-3-8(16)7-11(9)17-13(10)15/h3-4,7H,5-6H2,1-2H3,(H,18,19). The Hall–Kier alpha value is -1.97. The monoisotopic (exact) mass is 259 g/mol. The fraction of sp³-hybridized carbons (Fsp3) is 0.333. The summed E-state index contributed by atoms with van der Waals surface area (Å²) >= 11 is 0. The van der Waals surface area contributed by atoms with Crippen LogP contribution in [0.15, 0.2) is 18.2 Å². The topological polar surface area (TPSA) is 50.2 Å². The molecule has 1 aliphatic rings. The maximum Gasteiger partial charge on any atom is 0.336 e. The second-order valence-electron chi connectivity index (χ2n) is 5.66. The van der Waals surface area contributed by atoms with Crippen LogP contribution in [0.25, 0.3) is 10.9 Å². The van der Waals surface area contributed by atoms with Gasteiger partial charge in [-0.3, -0.25) is 4.98 Å². The molecule has 2 aromatic rings. The highest BCUT2D eigenvalue weighted by Gasteiger charge is 2.35. The van der Waals surface area contributed by atoms with E-state index in [0.717, 1.165) is 17.7 Å². The number of aromatic nitrogens is 1. The Morgan fingerprint density at radius 2 is 2.16 bits per heavy atom. The van der Waals surface area contributed by atoms with E-state index in [9.17, 15) is 14.3 Å². The predicted molar refractivity (Wildman–Crippen MR) is 70.0 cm³/mol. The maximum absolute atomic E-state index is 13.3. The predicted octanol–water partition coefficient (Wildman–Crippen LogP) is 3.30. The van der Waals surface area contributed by atoms with Crippen molar-refractivity contribution >= 4 is 16.9 Å². The first-order valence-electron chi connectivity index (χ1n) is 6.26. The van der Waals surface area contributed by atoms with Gasteiger partial charge in [-0.05, 0) is 30.5 Å². The fourth-order valence-electron chi connectivity index (χ4n) is 2.88. The van der Waals surface area contributed by atoms with E-state index in [1.165, 1.54) is 18.2 Å². The largest absolute Gasteiger partial charge is 0.478 e. The lowest BCUT2D eigenvalue weighted by atomic mass is 9.89. The molecule has 0 atom stereocenters. The molecule has 0 saturated heterocycles. The van der Waals surface area contributed by atoms with Crippen molar-refractivity contribution in [3.63, 3.8) is 0 Å². The number of pyridine rings is 1. The molecule has 0 bridgehead atoms. The summed E-state index contributed by atoms with van der Waals surface area (Å²) in [6, 6.07) is 4.09. The van der Waals surface area contributed by atoms with Gasteiger partial charge in [0, 0.05) is 16.9 Å². The Bertz CT molecular complexity index is 707. The van der Waals surface area contributed by atoms with Gasteiger partial charge >= 0.3 is 5.97 Å². The van der Waals surface area contributed by atoms with Crippen molar-refractivity contribution in [3.8, 4) is 0 Å². The summed E-state index contributed by atoms with van der Waals surface area (Å²) < 4.78 is 13.3. The minimum atomic E-state index is -0.965. The van der Waals surface area contributed by atoms with Gasteiger partial charge in [-0.15, -0.1) is 0 Å². The summed E-state index contributed by atoms with van der Waals surface area (Å²) in [4.78, 5) is 16.1. The SMILES string of the molecule is CC1(C)CCc2c1nc1cc(F)ccc1c2C(=O)O. The second kappa shape index (κ2) is 3.76. The Kier molecular flexibility index (Phi) is 2.39. The molecule has 0 amide bonds. The number of carbonyl (C=O) groups is 1. The molecule has 1 aromatic heterocycles. The zero-order valence-corrected chi connectivity index (χ0v) is 10.8. The van der Waals surface area contributed by atoms with Crippen molar-refractivity contribution in [2.45, 2.75) is 32.1 Å². The molecule has 0 fully saturated rings. The Morgan fingerprint density at radius 1 is 1.42 bits per heavy atom. The first-order valence-corrected chi connectivity index (χ1v) is 6.26. The zero-order chi connectivity index (χ0) is 13.8. The van der Waals surface area contributed by atoms with Crippen LogP contribution < -0.4 is 0 Å². The number of carboxylic acids is 1. The van der Waals surface area contributed by atoms with Gasteiger partial charge in [-0.1, -0.05) is 13.8 Å². The van der Waals surface area contributed by atoms with Crippen LogP contribution in [0, 0.1) is 5.82 Å². The number of nitrogens with zero attached hydrogens (tertiary/aromatic N) is 1. The van der Waals surface area contributed by atoms with Crippen LogP contribution in [0.2, 0.25) is 0 Å². The molecule has 1 aromatic carbocycles. The van der Waals surface area contributed by atoms with E-state index in [2.05, 4.69) is 4.98 Å². The smallest absolute Gasteiger partial charge is 0.336 e. The third-order valence-corrected chi connectivity index (χ3v) is 3.90. The van der Waals surface area contributed by atoms with Crippen molar-refractivity contribution in [1.82, 2.24) is 4.98 Å². The van der Waals surface area contributed by atoms with Crippen LogP contribution in [0.5, 0.6) is 0 Å². The van der Waals surface area contributed by atoms with Gasteiger partial charge in [-0.2, -0.15) is 0 Å². The van der Waals surface area contributed by atoms with Gasteiger partial charge in [0.15, 0.2) is 0 Å². The molecule has 3 rings (SSSR count). The van der Waals surface area contributed by atoms with E-state index < -0.39 is 11.8 Å².